The van der Waals surface area contributed by atoms with E-state index < -0.39 is 10.0 Å². The van der Waals surface area contributed by atoms with Crippen molar-refractivity contribution in [3.63, 3.8) is 0 Å². The number of methoxy groups -OCH3 is 1. The van der Waals surface area contributed by atoms with Gasteiger partial charge in [0.1, 0.15) is 15.8 Å². The largest absolute Gasteiger partial charge is 0.495 e. The highest BCUT2D eigenvalue weighted by Crippen LogP contribution is 2.32. The second kappa shape index (κ2) is 6.39. The van der Waals surface area contributed by atoms with Gasteiger partial charge in [-0.05, 0) is 29.6 Å². The summed E-state index contributed by atoms with van der Waals surface area (Å²) in [5, 5.41) is 1.70. The predicted molar refractivity (Wildman–Crippen MR) is 98.8 cm³/mol. The summed E-state index contributed by atoms with van der Waals surface area (Å²) in [6.07, 6.45) is 3.13. The highest BCUT2D eigenvalue weighted by Gasteiger charge is 2.18. The molecule has 0 bridgehead atoms. The molecular formula is C16H13N5O3S2. The summed E-state index contributed by atoms with van der Waals surface area (Å²) in [4.78, 5) is 15.7. The number of sulfonamides is 1. The Balaban J connectivity index is 1.76. The Bertz CT molecular complexity index is 1140. The number of thiophene rings is 1. The number of nitrogens with one attached hydrogen (secondary N) is 2. The third-order valence-corrected chi connectivity index (χ3v) is 6.37. The molecule has 0 saturated heterocycles. The van der Waals surface area contributed by atoms with Crippen LogP contribution in [0, 0.1) is 0 Å². The minimum atomic E-state index is -3.69. The van der Waals surface area contributed by atoms with Gasteiger partial charge in [-0.15, -0.1) is 11.3 Å². The smallest absolute Gasteiger partial charge is 0.271 e. The van der Waals surface area contributed by atoms with E-state index in [1.807, 2.05) is 0 Å². The first-order valence-corrected chi connectivity index (χ1v) is 9.84. The molecule has 8 nitrogen and oxygen atoms in total. The molecule has 3 aromatic heterocycles. The van der Waals surface area contributed by atoms with E-state index in [1.54, 1.807) is 48.1 Å². The number of aromatic amines is 1. The molecule has 10 heteroatoms. The maximum atomic E-state index is 12.5. The summed E-state index contributed by atoms with van der Waals surface area (Å²) in [5.74, 6) is 0.937. The van der Waals surface area contributed by atoms with E-state index in [0.717, 1.165) is 11.3 Å². The SMILES string of the molecule is COc1ccc(-c2nc3nccnc3[nH]2)cc1NS(=O)(=O)c1cccs1. The molecule has 2 N–H and O–H groups in total. The number of H-pyrrole nitrogens is 1. The van der Waals surface area contributed by atoms with Gasteiger partial charge in [0.2, 0.25) is 0 Å². The van der Waals surface area contributed by atoms with Crippen LogP contribution in [0.15, 0.2) is 52.3 Å². The summed E-state index contributed by atoms with van der Waals surface area (Å²) in [5.41, 5.74) is 2.03. The van der Waals surface area contributed by atoms with E-state index in [0.29, 0.717) is 34.1 Å². The van der Waals surface area contributed by atoms with Crippen LogP contribution in [0.2, 0.25) is 0 Å². The molecule has 0 spiro atoms. The normalized spacial score (nSPS) is 11.6. The second-order valence-electron chi connectivity index (χ2n) is 5.27. The number of nitrogens with zero attached hydrogens (tertiary/aromatic N) is 3. The van der Waals surface area contributed by atoms with Gasteiger partial charge in [0.05, 0.1) is 12.8 Å². The van der Waals surface area contributed by atoms with Crippen LogP contribution in [-0.2, 0) is 10.0 Å². The quantitative estimate of drug-likeness (QED) is 0.545. The topological polar surface area (TPSA) is 110 Å². The lowest BCUT2D eigenvalue weighted by Gasteiger charge is -2.12. The lowest BCUT2D eigenvalue weighted by Crippen LogP contribution is -2.12. The van der Waals surface area contributed by atoms with Crippen LogP contribution in [0.5, 0.6) is 5.75 Å². The molecule has 0 aliphatic heterocycles. The zero-order valence-corrected chi connectivity index (χ0v) is 15.1. The second-order valence-corrected chi connectivity index (χ2v) is 8.12. The first kappa shape index (κ1) is 16.5. The van der Waals surface area contributed by atoms with Gasteiger partial charge >= 0.3 is 0 Å². The molecule has 4 rings (SSSR count). The van der Waals surface area contributed by atoms with Crippen LogP contribution in [0.4, 0.5) is 5.69 Å². The van der Waals surface area contributed by atoms with Crippen LogP contribution in [-0.4, -0.2) is 35.5 Å². The number of ether oxygens (including phenoxy) is 1. The van der Waals surface area contributed by atoms with Gasteiger partial charge in [-0.1, -0.05) is 6.07 Å². The Morgan fingerprint density at radius 2 is 2.04 bits per heavy atom. The number of aromatic nitrogens is 4. The third-order valence-electron chi connectivity index (χ3n) is 3.61. The lowest BCUT2D eigenvalue weighted by atomic mass is 10.2. The van der Waals surface area contributed by atoms with Crippen LogP contribution >= 0.6 is 11.3 Å². The first-order valence-electron chi connectivity index (χ1n) is 7.48. The average Bonchev–Trinajstić information content (AvgIpc) is 3.31. The number of hydrogen-bond donors (Lipinski definition) is 2. The van der Waals surface area contributed by atoms with Crippen molar-refractivity contribution >= 4 is 38.3 Å². The van der Waals surface area contributed by atoms with Crippen LogP contribution < -0.4 is 9.46 Å². The molecule has 4 aromatic rings. The molecule has 1 aromatic carbocycles. The summed E-state index contributed by atoms with van der Waals surface area (Å²) in [7, 11) is -2.21. The molecule has 132 valence electrons. The molecule has 0 fully saturated rings. The number of anilines is 1. The van der Waals surface area contributed by atoms with E-state index >= 15 is 0 Å². The Labute approximate surface area is 153 Å². The maximum Gasteiger partial charge on any atom is 0.271 e. The minimum Gasteiger partial charge on any atom is -0.495 e. The number of hydrogen-bond acceptors (Lipinski definition) is 7. The molecule has 0 atom stereocenters. The van der Waals surface area contributed by atoms with Gasteiger partial charge in [0.15, 0.2) is 11.3 Å². The monoisotopic (exact) mass is 387 g/mol. The third kappa shape index (κ3) is 3.00. The lowest BCUT2D eigenvalue weighted by molar-refractivity contribution is 0.417. The van der Waals surface area contributed by atoms with Crippen molar-refractivity contribution in [3.05, 3.63) is 48.1 Å². The van der Waals surface area contributed by atoms with Gasteiger partial charge in [-0.2, -0.15) is 0 Å². The van der Waals surface area contributed by atoms with Gasteiger partial charge in [0.25, 0.3) is 10.0 Å². The zero-order valence-electron chi connectivity index (χ0n) is 13.5. The maximum absolute atomic E-state index is 12.5. The van der Waals surface area contributed by atoms with Crippen molar-refractivity contribution in [2.45, 2.75) is 4.21 Å². The molecule has 0 unspecified atom stereocenters. The van der Waals surface area contributed by atoms with E-state index in [9.17, 15) is 8.42 Å². The molecule has 0 radical (unpaired) electrons. The van der Waals surface area contributed by atoms with Crippen molar-refractivity contribution in [2.24, 2.45) is 0 Å². The zero-order chi connectivity index (χ0) is 18.1. The molecule has 0 aliphatic carbocycles. The first-order chi connectivity index (χ1) is 12.6. The Kier molecular flexibility index (Phi) is 4.05. The number of imidazole rings is 1. The van der Waals surface area contributed by atoms with Crippen molar-refractivity contribution in [1.82, 2.24) is 19.9 Å². The standard InChI is InChI=1S/C16H13N5O3S2/c1-24-12-5-4-10(14-19-15-16(20-14)18-7-6-17-15)9-11(12)21-26(22,23)13-3-2-8-25-13/h2-9,21H,1H3,(H,17,18,19,20). The molecule has 0 saturated carbocycles. The van der Waals surface area contributed by atoms with Gasteiger partial charge in [0, 0.05) is 18.0 Å². The Morgan fingerprint density at radius 3 is 2.77 bits per heavy atom. The Morgan fingerprint density at radius 1 is 1.19 bits per heavy atom. The van der Waals surface area contributed by atoms with Gasteiger partial charge < -0.3 is 9.72 Å². The van der Waals surface area contributed by atoms with Crippen molar-refractivity contribution in [3.8, 4) is 17.1 Å². The summed E-state index contributed by atoms with van der Waals surface area (Å²) in [6.45, 7) is 0. The van der Waals surface area contributed by atoms with Crippen molar-refractivity contribution in [1.29, 1.82) is 0 Å². The highest BCUT2D eigenvalue weighted by atomic mass is 32.2. The van der Waals surface area contributed by atoms with E-state index in [1.165, 1.54) is 7.11 Å². The minimum absolute atomic E-state index is 0.224. The fourth-order valence-corrected chi connectivity index (χ4v) is 4.48. The van der Waals surface area contributed by atoms with E-state index in [4.69, 9.17) is 4.74 Å². The van der Waals surface area contributed by atoms with Crippen molar-refractivity contribution in [2.75, 3.05) is 11.8 Å². The fraction of sp³-hybridized carbons (Fsp3) is 0.0625. The van der Waals surface area contributed by atoms with E-state index in [-0.39, 0.29) is 4.21 Å². The van der Waals surface area contributed by atoms with Crippen LogP contribution in [0.1, 0.15) is 0 Å². The summed E-state index contributed by atoms with van der Waals surface area (Å²) >= 11 is 1.14. The Hall–Kier alpha value is -2.98. The van der Waals surface area contributed by atoms with Crippen LogP contribution in [0.3, 0.4) is 0 Å². The highest BCUT2D eigenvalue weighted by molar-refractivity contribution is 7.94. The fourth-order valence-electron chi connectivity index (χ4n) is 2.43. The number of fused-ring (bicyclic) bond motifs is 1. The average molecular weight is 387 g/mol. The number of rotatable bonds is 5. The number of benzene rings is 1. The molecule has 0 amide bonds. The summed E-state index contributed by atoms with van der Waals surface area (Å²) in [6, 6.07) is 8.33. The molecular weight excluding hydrogens is 374 g/mol. The molecule has 0 aliphatic rings. The predicted octanol–water partition coefficient (Wildman–Crippen LogP) is 2.89. The van der Waals surface area contributed by atoms with Crippen LogP contribution in [0.25, 0.3) is 22.7 Å². The summed E-state index contributed by atoms with van der Waals surface area (Å²) < 4.78 is 33.1. The van der Waals surface area contributed by atoms with E-state index in [2.05, 4.69) is 24.7 Å². The van der Waals surface area contributed by atoms with Crippen molar-refractivity contribution < 1.29 is 13.2 Å². The van der Waals surface area contributed by atoms with Gasteiger partial charge in [-0.25, -0.2) is 23.4 Å². The molecule has 26 heavy (non-hydrogen) atoms. The molecule has 3 heterocycles. The van der Waals surface area contributed by atoms with Gasteiger partial charge in [-0.3, -0.25) is 4.72 Å².